The van der Waals surface area contributed by atoms with E-state index in [1.165, 1.54) is 54.5 Å². The molecule has 1 aromatic heterocycles. The molecule has 1 unspecified atom stereocenters. The van der Waals surface area contributed by atoms with Crippen LogP contribution in [0.2, 0.25) is 0 Å². The molecule has 3 nitrogen and oxygen atoms in total. The molecule has 1 aliphatic rings. The van der Waals surface area contributed by atoms with E-state index in [2.05, 4.69) is 31.0 Å². The molecule has 0 bridgehead atoms. The van der Waals surface area contributed by atoms with Gasteiger partial charge in [0.25, 0.3) is 0 Å². The molecule has 0 aliphatic carbocycles. The van der Waals surface area contributed by atoms with Crippen LogP contribution in [0.3, 0.4) is 0 Å². The molecule has 20 heavy (non-hydrogen) atoms. The van der Waals surface area contributed by atoms with Crippen molar-refractivity contribution in [2.45, 2.75) is 59.4 Å². The second kappa shape index (κ2) is 7.99. The van der Waals surface area contributed by atoms with Crippen molar-refractivity contribution in [3.8, 4) is 0 Å². The monoisotopic (exact) mass is 295 g/mol. The van der Waals surface area contributed by atoms with Gasteiger partial charge in [0.2, 0.25) is 0 Å². The van der Waals surface area contributed by atoms with Crippen LogP contribution < -0.4 is 10.2 Å². The predicted molar refractivity (Wildman–Crippen MR) is 88.7 cm³/mol. The van der Waals surface area contributed by atoms with Crippen LogP contribution in [-0.4, -0.2) is 24.6 Å². The number of aromatic nitrogens is 1. The highest BCUT2D eigenvalue weighted by molar-refractivity contribution is 7.15. The number of thiazole rings is 1. The average molecular weight is 295 g/mol. The highest BCUT2D eigenvalue weighted by Gasteiger charge is 2.24. The van der Waals surface area contributed by atoms with Crippen LogP contribution in [-0.2, 0) is 13.0 Å². The first-order valence-electron chi connectivity index (χ1n) is 8.22. The number of aryl methyl sites for hydroxylation is 1. The Morgan fingerprint density at radius 1 is 1.30 bits per heavy atom. The van der Waals surface area contributed by atoms with E-state index >= 15 is 0 Å². The summed E-state index contributed by atoms with van der Waals surface area (Å²) in [4.78, 5) is 8.89. The summed E-state index contributed by atoms with van der Waals surface area (Å²) in [5.41, 5.74) is 1.33. The van der Waals surface area contributed by atoms with Crippen LogP contribution >= 0.6 is 11.3 Å². The number of hydrogen-bond acceptors (Lipinski definition) is 4. The van der Waals surface area contributed by atoms with Crippen molar-refractivity contribution in [1.29, 1.82) is 0 Å². The van der Waals surface area contributed by atoms with E-state index in [9.17, 15) is 0 Å². The van der Waals surface area contributed by atoms with Crippen LogP contribution in [0.4, 0.5) is 5.13 Å². The van der Waals surface area contributed by atoms with E-state index in [1.807, 2.05) is 11.3 Å². The highest BCUT2D eigenvalue weighted by atomic mass is 32.1. The van der Waals surface area contributed by atoms with Gasteiger partial charge in [0, 0.05) is 24.5 Å². The molecule has 1 saturated heterocycles. The lowest BCUT2D eigenvalue weighted by Gasteiger charge is -2.14. The molecule has 0 spiro atoms. The fraction of sp³-hybridized carbons (Fsp3) is 0.812. The minimum absolute atomic E-state index is 0.871. The molecule has 114 valence electrons. The van der Waals surface area contributed by atoms with E-state index in [4.69, 9.17) is 4.98 Å². The van der Waals surface area contributed by atoms with Crippen molar-refractivity contribution in [2.24, 2.45) is 5.92 Å². The molecule has 0 radical (unpaired) electrons. The van der Waals surface area contributed by atoms with Crippen molar-refractivity contribution in [2.75, 3.05) is 24.5 Å². The van der Waals surface area contributed by atoms with Crippen molar-refractivity contribution in [1.82, 2.24) is 10.3 Å². The van der Waals surface area contributed by atoms with Gasteiger partial charge in [-0.3, -0.25) is 0 Å². The number of rotatable bonds is 8. The van der Waals surface area contributed by atoms with E-state index in [0.29, 0.717) is 0 Å². The Balaban J connectivity index is 2.04. The molecule has 1 fully saturated rings. The molecule has 1 atom stereocenters. The number of nitrogens with zero attached hydrogens (tertiary/aromatic N) is 2. The fourth-order valence-corrected chi connectivity index (χ4v) is 3.90. The van der Waals surface area contributed by atoms with Gasteiger partial charge >= 0.3 is 0 Å². The van der Waals surface area contributed by atoms with Crippen molar-refractivity contribution in [3.63, 3.8) is 0 Å². The number of hydrogen-bond donors (Lipinski definition) is 1. The van der Waals surface area contributed by atoms with Gasteiger partial charge in [-0.2, -0.15) is 0 Å². The average Bonchev–Trinajstić information content (AvgIpc) is 3.06. The third kappa shape index (κ3) is 3.95. The molecule has 0 amide bonds. The third-order valence-electron chi connectivity index (χ3n) is 4.10. The van der Waals surface area contributed by atoms with Crippen LogP contribution in [0.5, 0.6) is 0 Å². The summed E-state index contributed by atoms with van der Waals surface area (Å²) in [6, 6.07) is 0. The van der Waals surface area contributed by atoms with Gasteiger partial charge in [-0.1, -0.05) is 33.6 Å². The number of anilines is 1. The van der Waals surface area contributed by atoms with Crippen molar-refractivity contribution < 1.29 is 0 Å². The number of nitrogens with one attached hydrogen (secondary N) is 1. The van der Waals surface area contributed by atoms with E-state index in [-0.39, 0.29) is 0 Å². The maximum atomic E-state index is 4.93. The Morgan fingerprint density at radius 3 is 2.80 bits per heavy atom. The second-order valence-electron chi connectivity index (χ2n) is 5.80. The molecule has 4 heteroatoms. The molecular formula is C16H29N3S. The molecule has 0 saturated carbocycles. The standard InChI is InChI=1S/C16H29N3S/c1-4-7-14-15(11-17-9-5-2)20-16(18-14)19-10-8-13(6-3)12-19/h13,17H,4-12H2,1-3H3. The van der Waals surface area contributed by atoms with Crippen molar-refractivity contribution in [3.05, 3.63) is 10.6 Å². The van der Waals surface area contributed by atoms with E-state index in [1.54, 1.807) is 0 Å². The Labute approximate surface area is 127 Å². The SMILES string of the molecule is CCCNCc1sc(N2CCC(CC)C2)nc1CCC. The summed E-state index contributed by atoms with van der Waals surface area (Å²) < 4.78 is 0. The van der Waals surface area contributed by atoms with Gasteiger partial charge in [-0.15, -0.1) is 11.3 Å². The summed E-state index contributed by atoms with van der Waals surface area (Å²) >= 11 is 1.91. The van der Waals surface area contributed by atoms with Gasteiger partial charge < -0.3 is 10.2 Å². The third-order valence-corrected chi connectivity index (χ3v) is 5.26. The quantitative estimate of drug-likeness (QED) is 0.739. The van der Waals surface area contributed by atoms with E-state index < -0.39 is 0 Å². The van der Waals surface area contributed by atoms with E-state index in [0.717, 1.165) is 25.4 Å². The van der Waals surface area contributed by atoms with Gasteiger partial charge in [0.15, 0.2) is 5.13 Å². The van der Waals surface area contributed by atoms with Crippen LogP contribution in [0.25, 0.3) is 0 Å². The van der Waals surface area contributed by atoms with Crippen LogP contribution in [0.1, 0.15) is 57.0 Å². The van der Waals surface area contributed by atoms with Crippen LogP contribution in [0.15, 0.2) is 0 Å². The molecular weight excluding hydrogens is 266 g/mol. The fourth-order valence-electron chi connectivity index (χ4n) is 2.79. The van der Waals surface area contributed by atoms with Crippen molar-refractivity contribution >= 4 is 16.5 Å². The zero-order valence-electron chi connectivity index (χ0n) is 13.2. The van der Waals surface area contributed by atoms with Gasteiger partial charge in [0.1, 0.15) is 0 Å². The highest BCUT2D eigenvalue weighted by Crippen LogP contribution is 2.31. The molecule has 2 rings (SSSR count). The maximum absolute atomic E-state index is 4.93. The lowest BCUT2D eigenvalue weighted by molar-refractivity contribution is 0.569. The molecule has 0 aromatic carbocycles. The normalized spacial score (nSPS) is 18.9. The first-order chi connectivity index (χ1) is 9.78. The molecule has 1 aliphatic heterocycles. The molecule has 1 aromatic rings. The summed E-state index contributed by atoms with van der Waals surface area (Å²) in [5, 5.41) is 4.79. The Kier molecular flexibility index (Phi) is 6.30. The minimum Gasteiger partial charge on any atom is -0.348 e. The summed E-state index contributed by atoms with van der Waals surface area (Å²) in [6.45, 7) is 11.3. The largest absolute Gasteiger partial charge is 0.348 e. The summed E-state index contributed by atoms with van der Waals surface area (Å²) in [7, 11) is 0. The predicted octanol–water partition coefficient (Wildman–Crippen LogP) is 3.83. The lowest BCUT2D eigenvalue weighted by atomic mass is 10.1. The minimum atomic E-state index is 0.871. The first kappa shape index (κ1) is 15.8. The molecule has 1 N–H and O–H groups in total. The topological polar surface area (TPSA) is 28.2 Å². The maximum Gasteiger partial charge on any atom is 0.185 e. The zero-order valence-corrected chi connectivity index (χ0v) is 14.1. The van der Waals surface area contributed by atoms with Gasteiger partial charge in [-0.05, 0) is 31.7 Å². The Hall–Kier alpha value is -0.610. The Bertz CT molecular complexity index is 402. The lowest BCUT2D eigenvalue weighted by Crippen LogP contribution is -2.19. The van der Waals surface area contributed by atoms with Crippen LogP contribution in [0, 0.1) is 5.92 Å². The zero-order chi connectivity index (χ0) is 14.4. The Morgan fingerprint density at radius 2 is 2.15 bits per heavy atom. The first-order valence-corrected chi connectivity index (χ1v) is 9.04. The summed E-state index contributed by atoms with van der Waals surface area (Å²) in [5.74, 6) is 0.871. The summed E-state index contributed by atoms with van der Waals surface area (Å²) in [6.07, 6.45) is 6.13. The molecule has 2 heterocycles. The van der Waals surface area contributed by atoms with Gasteiger partial charge in [-0.25, -0.2) is 4.98 Å². The smallest absolute Gasteiger partial charge is 0.185 e. The van der Waals surface area contributed by atoms with Gasteiger partial charge in [0.05, 0.1) is 5.69 Å². The second-order valence-corrected chi connectivity index (χ2v) is 6.86.